The van der Waals surface area contributed by atoms with Gasteiger partial charge in [0.15, 0.2) is 0 Å². The van der Waals surface area contributed by atoms with Gasteiger partial charge in [0, 0.05) is 9.37 Å². The molecule has 1 fully saturated rings. The topological polar surface area (TPSA) is 49.3 Å². The van der Waals surface area contributed by atoms with E-state index in [0.29, 0.717) is 11.7 Å². The second kappa shape index (κ2) is 7.65. The molecule has 3 nitrogen and oxygen atoms in total. The molecule has 1 aliphatic rings. The first kappa shape index (κ1) is 16.8. The summed E-state index contributed by atoms with van der Waals surface area (Å²) in [5.74, 6) is 0.953. The Bertz CT molecular complexity index is 480. The van der Waals surface area contributed by atoms with Crippen molar-refractivity contribution >= 4 is 33.6 Å². The van der Waals surface area contributed by atoms with Crippen LogP contribution in [0.2, 0.25) is 0 Å². The van der Waals surface area contributed by atoms with E-state index in [1.54, 1.807) is 0 Å². The summed E-state index contributed by atoms with van der Waals surface area (Å²) in [4.78, 5) is 13.2. The van der Waals surface area contributed by atoms with Crippen molar-refractivity contribution in [3.05, 3.63) is 28.7 Å². The van der Waals surface area contributed by atoms with Gasteiger partial charge in [0.25, 0.3) is 0 Å². The van der Waals surface area contributed by atoms with E-state index in [1.165, 1.54) is 18.2 Å². The summed E-state index contributed by atoms with van der Waals surface area (Å²) in [6.07, 6.45) is 4.01. The van der Waals surface area contributed by atoms with E-state index in [2.05, 4.69) is 28.2 Å². The largest absolute Gasteiger partial charge is 0.394 e. The summed E-state index contributed by atoms with van der Waals surface area (Å²) in [6, 6.07) is 7.93. The molecule has 1 aromatic carbocycles. The zero-order valence-corrected chi connectivity index (χ0v) is 14.7. The van der Waals surface area contributed by atoms with Gasteiger partial charge in [-0.25, -0.2) is 0 Å². The van der Waals surface area contributed by atoms with Crippen LogP contribution in [0.3, 0.4) is 0 Å². The Labute approximate surface area is 139 Å². The number of thioether (sulfide) groups is 1. The van der Waals surface area contributed by atoms with E-state index < -0.39 is 5.54 Å². The van der Waals surface area contributed by atoms with Crippen LogP contribution in [0.15, 0.2) is 33.6 Å². The van der Waals surface area contributed by atoms with Crippen molar-refractivity contribution in [1.29, 1.82) is 0 Å². The maximum Gasteiger partial charge on any atom is 0.230 e. The first-order valence-corrected chi connectivity index (χ1v) is 9.11. The summed E-state index contributed by atoms with van der Waals surface area (Å²) >= 11 is 4.92. The lowest BCUT2D eigenvalue weighted by Gasteiger charge is -2.39. The van der Waals surface area contributed by atoms with Gasteiger partial charge < -0.3 is 10.4 Å². The molecule has 5 heteroatoms. The fraction of sp³-hybridized carbons (Fsp3) is 0.562. The van der Waals surface area contributed by atoms with Crippen LogP contribution in [0.4, 0.5) is 0 Å². The highest BCUT2D eigenvalue weighted by atomic mass is 79.9. The van der Waals surface area contributed by atoms with Crippen LogP contribution in [0.25, 0.3) is 0 Å². The number of nitrogens with one attached hydrogen (secondary N) is 1. The highest BCUT2D eigenvalue weighted by Crippen LogP contribution is 2.32. The summed E-state index contributed by atoms with van der Waals surface area (Å²) in [7, 11) is 0. The molecule has 116 valence electrons. The first-order valence-electron chi connectivity index (χ1n) is 7.33. The highest BCUT2D eigenvalue weighted by molar-refractivity contribution is 9.10. The second-order valence-corrected chi connectivity index (χ2v) is 7.90. The van der Waals surface area contributed by atoms with Crippen molar-refractivity contribution in [1.82, 2.24) is 5.32 Å². The molecule has 2 unspecified atom stereocenters. The average molecular weight is 372 g/mol. The quantitative estimate of drug-likeness (QED) is 0.777. The molecule has 0 aromatic heterocycles. The predicted octanol–water partition coefficient (Wildman–Crippen LogP) is 3.60. The van der Waals surface area contributed by atoms with Crippen LogP contribution in [0, 0.1) is 5.92 Å². The third kappa shape index (κ3) is 5.01. The van der Waals surface area contributed by atoms with E-state index in [9.17, 15) is 9.90 Å². The zero-order chi connectivity index (χ0) is 15.3. The number of benzene rings is 1. The molecular weight excluding hydrogens is 350 g/mol. The lowest BCUT2D eigenvalue weighted by molar-refractivity contribution is -0.121. The van der Waals surface area contributed by atoms with Crippen molar-refractivity contribution in [3.63, 3.8) is 0 Å². The van der Waals surface area contributed by atoms with Crippen LogP contribution in [-0.4, -0.2) is 28.9 Å². The molecule has 1 amide bonds. The zero-order valence-electron chi connectivity index (χ0n) is 12.3. The van der Waals surface area contributed by atoms with Crippen LogP contribution >= 0.6 is 27.7 Å². The fourth-order valence-electron chi connectivity index (χ4n) is 2.97. The van der Waals surface area contributed by atoms with E-state index in [0.717, 1.165) is 28.6 Å². The Morgan fingerprint density at radius 1 is 1.48 bits per heavy atom. The molecule has 0 saturated heterocycles. The molecule has 1 saturated carbocycles. The monoisotopic (exact) mass is 371 g/mol. The molecule has 2 atom stereocenters. The van der Waals surface area contributed by atoms with Gasteiger partial charge in [-0.05, 0) is 43.0 Å². The summed E-state index contributed by atoms with van der Waals surface area (Å²) in [6.45, 7) is 2.22. The molecule has 0 spiro atoms. The number of rotatable bonds is 5. The van der Waals surface area contributed by atoms with Gasteiger partial charge in [0.1, 0.15) is 0 Å². The Balaban J connectivity index is 1.86. The fourth-order valence-corrected chi connectivity index (χ4v) is 3.93. The van der Waals surface area contributed by atoms with Crippen molar-refractivity contribution < 1.29 is 9.90 Å². The number of carbonyl (C=O) groups is 1. The minimum Gasteiger partial charge on any atom is -0.394 e. The first-order chi connectivity index (χ1) is 10.0. The molecule has 1 aliphatic carbocycles. The summed E-state index contributed by atoms with van der Waals surface area (Å²) < 4.78 is 1.03. The molecule has 0 bridgehead atoms. The van der Waals surface area contributed by atoms with Gasteiger partial charge in [-0.15, -0.1) is 11.8 Å². The lowest BCUT2D eigenvalue weighted by atomic mass is 9.77. The van der Waals surface area contributed by atoms with Crippen LogP contribution < -0.4 is 5.32 Å². The number of aliphatic hydroxyl groups excluding tert-OH is 1. The number of amides is 1. The molecule has 21 heavy (non-hydrogen) atoms. The SMILES string of the molecule is CC1CCCC(CO)(NC(=O)CSc2ccc(Br)cc2)C1. The molecular formula is C16H22BrNO2S. The van der Waals surface area contributed by atoms with Crippen molar-refractivity contribution in [2.45, 2.75) is 43.0 Å². The smallest absolute Gasteiger partial charge is 0.230 e. The van der Waals surface area contributed by atoms with Crippen molar-refractivity contribution in [2.75, 3.05) is 12.4 Å². The van der Waals surface area contributed by atoms with E-state index in [1.807, 2.05) is 24.3 Å². The average Bonchev–Trinajstić information content (AvgIpc) is 2.46. The van der Waals surface area contributed by atoms with Gasteiger partial charge in [-0.2, -0.15) is 0 Å². The number of carbonyl (C=O) groups excluding carboxylic acids is 1. The number of hydrogen-bond acceptors (Lipinski definition) is 3. The van der Waals surface area contributed by atoms with E-state index in [4.69, 9.17) is 0 Å². The van der Waals surface area contributed by atoms with Gasteiger partial charge in [-0.3, -0.25) is 4.79 Å². The molecule has 1 aromatic rings. The minimum absolute atomic E-state index is 0.00562. The van der Waals surface area contributed by atoms with Gasteiger partial charge in [-0.1, -0.05) is 35.7 Å². The van der Waals surface area contributed by atoms with Gasteiger partial charge in [0.2, 0.25) is 5.91 Å². The van der Waals surface area contributed by atoms with Crippen LogP contribution in [0.5, 0.6) is 0 Å². The van der Waals surface area contributed by atoms with E-state index in [-0.39, 0.29) is 12.5 Å². The Morgan fingerprint density at radius 2 is 2.19 bits per heavy atom. The van der Waals surface area contributed by atoms with E-state index >= 15 is 0 Å². The standard InChI is InChI=1S/C16H22BrNO2S/c1-12-3-2-8-16(9-12,11-19)18-15(20)10-21-14-6-4-13(17)5-7-14/h4-7,12,19H,2-3,8-11H2,1H3,(H,18,20). The summed E-state index contributed by atoms with van der Waals surface area (Å²) in [5, 5.41) is 12.8. The number of hydrogen-bond donors (Lipinski definition) is 2. The highest BCUT2D eigenvalue weighted by Gasteiger charge is 2.35. The maximum absolute atomic E-state index is 12.2. The third-order valence-corrected chi connectivity index (χ3v) is 5.52. The van der Waals surface area contributed by atoms with Crippen LogP contribution in [0.1, 0.15) is 32.6 Å². The van der Waals surface area contributed by atoms with Crippen LogP contribution in [-0.2, 0) is 4.79 Å². The molecule has 2 N–H and O–H groups in total. The normalized spacial score (nSPS) is 25.6. The third-order valence-electron chi connectivity index (χ3n) is 3.98. The molecule has 0 aliphatic heterocycles. The second-order valence-electron chi connectivity index (χ2n) is 5.93. The molecule has 0 radical (unpaired) electrons. The molecule has 0 heterocycles. The van der Waals surface area contributed by atoms with Gasteiger partial charge in [0.05, 0.1) is 17.9 Å². The Hall–Kier alpha value is -0.520. The van der Waals surface area contributed by atoms with Gasteiger partial charge >= 0.3 is 0 Å². The summed E-state index contributed by atoms with van der Waals surface area (Å²) in [5.41, 5.74) is -0.408. The predicted molar refractivity (Wildman–Crippen MR) is 90.5 cm³/mol. The Kier molecular flexibility index (Phi) is 6.14. The van der Waals surface area contributed by atoms with Crippen molar-refractivity contribution in [2.24, 2.45) is 5.92 Å². The minimum atomic E-state index is -0.408. The Morgan fingerprint density at radius 3 is 2.81 bits per heavy atom. The number of halogens is 1. The lowest BCUT2D eigenvalue weighted by Crippen LogP contribution is -2.54. The number of aliphatic hydroxyl groups is 1. The maximum atomic E-state index is 12.2. The van der Waals surface area contributed by atoms with Crippen molar-refractivity contribution in [3.8, 4) is 0 Å². The molecule has 2 rings (SSSR count).